The van der Waals surface area contributed by atoms with Gasteiger partial charge in [-0.1, -0.05) is 190 Å². The molecule has 2 fully saturated rings. The molecule has 0 spiro atoms. The van der Waals surface area contributed by atoms with Crippen LogP contribution in [0.2, 0.25) is 0 Å². The van der Waals surface area contributed by atoms with E-state index in [1.165, 1.54) is 37.1 Å². The first kappa shape index (κ1) is 95.1. The molecule has 0 unspecified atom stereocenters. The number of carbonyl (C=O) groups is 5. The van der Waals surface area contributed by atoms with E-state index in [2.05, 4.69) is 136 Å². The minimum atomic E-state index is -0.101. The van der Waals surface area contributed by atoms with Gasteiger partial charge in [-0.05, 0) is 155 Å². The maximum absolute atomic E-state index is 11.6. The summed E-state index contributed by atoms with van der Waals surface area (Å²) in [7, 11) is 9.75. The van der Waals surface area contributed by atoms with Crippen LogP contribution in [0.1, 0.15) is 109 Å². The van der Waals surface area contributed by atoms with E-state index in [1.54, 1.807) is 80.7 Å². The molecule has 0 aliphatic carbocycles. The van der Waals surface area contributed by atoms with Crippen LogP contribution in [0.5, 0.6) is 5.75 Å². The van der Waals surface area contributed by atoms with Crippen molar-refractivity contribution >= 4 is 54.3 Å². The summed E-state index contributed by atoms with van der Waals surface area (Å²) in [5.41, 5.74) is 21.3. The highest BCUT2D eigenvalue weighted by Gasteiger charge is 2.17. The largest absolute Gasteiger partial charge is 0.497 e. The van der Waals surface area contributed by atoms with E-state index < -0.39 is 0 Å². The number of morpholine rings is 1. The van der Waals surface area contributed by atoms with Crippen molar-refractivity contribution in [3.05, 3.63) is 352 Å². The number of carbonyl (C=O) groups excluding carboxylic acids is 5. The Morgan fingerprint density at radius 1 is 0.302 bits per heavy atom. The Balaban J connectivity index is 0.000000156. The molecule has 0 radical (unpaired) electrons. The first-order valence-electron chi connectivity index (χ1n) is 41.7. The predicted octanol–water partition coefficient (Wildman–Crippen LogP) is 12.5. The van der Waals surface area contributed by atoms with Gasteiger partial charge in [0.25, 0.3) is 29.5 Å². The zero-order valence-corrected chi connectivity index (χ0v) is 74.2. The normalized spacial score (nSPS) is 12.1. The van der Waals surface area contributed by atoms with Crippen LogP contribution in [-0.4, -0.2) is 201 Å². The Morgan fingerprint density at radius 2 is 0.527 bits per heavy atom. The number of hydrogen-bond acceptors (Lipinski definition) is 20. The molecule has 2 aliphatic rings. The topological polar surface area (TPSA) is 344 Å². The smallest absolute Gasteiger partial charge is 0.251 e. The summed E-state index contributed by atoms with van der Waals surface area (Å²) >= 11 is 0. The van der Waals surface area contributed by atoms with Gasteiger partial charge in [0.15, 0.2) is 0 Å². The lowest BCUT2D eigenvalue weighted by Gasteiger charge is -2.26. The van der Waals surface area contributed by atoms with Crippen LogP contribution in [0.3, 0.4) is 0 Å². The van der Waals surface area contributed by atoms with Crippen molar-refractivity contribution in [2.45, 2.75) is 65.3 Å². The molecule has 15 aromatic rings. The predicted molar refractivity (Wildman–Crippen MR) is 500 cm³/mol. The first-order valence-corrected chi connectivity index (χ1v) is 41.7. The van der Waals surface area contributed by atoms with Gasteiger partial charge in [-0.3, -0.25) is 33.8 Å². The molecule has 6 N–H and O–H groups in total. The SMILES string of the molecule is CNC(=O)c1ccc(Cn2cc(-c3ccc(CN4CCCC4)cc3)nn2)cc1.CNC(=O)c1ccc(Cn2cc(-c3ccc(CN4CCOCC4)cc3)nn2)cc1.CNC(=O)c1ccc(Cn2cc(-c3ccc(CO)cc3)nn2)cc1.CNC(=O)c1ccc(Cn2cc(-c3ccc(OC)cc3)nn2)cc1.CNC(=O)c1ccc(Cn2cc(-c3ccccc3)nn2)cc1.Cl.Cl. The summed E-state index contributed by atoms with van der Waals surface area (Å²) in [4.78, 5) is 62.7. The molecule has 10 aromatic carbocycles. The van der Waals surface area contributed by atoms with E-state index in [9.17, 15) is 24.0 Å². The summed E-state index contributed by atoms with van der Waals surface area (Å²) in [5.74, 6) is 0.362. The number of halogens is 2. The molecule has 664 valence electrons. The van der Waals surface area contributed by atoms with E-state index in [4.69, 9.17) is 14.6 Å². The van der Waals surface area contributed by atoms with Gasteiger partial charge in [0.05, 0.1) is 90.6 Å². The quantitative estimate of drug-likeness (QED) is 0.0293. The third-order valence-corrected chi connectivity index (χ3v) is 21.1. The molecule has 0 bridgehead atoms. The number of aliphatic hydroxyl groups excluding tert-OH is 1. The highest BCUT2D eigenvalue weighted by atomic mass is 35.5. The molecule has 32 heteroatoms. The van der Waals surface area contributed by atoms with Gasteiger partial charge >= 0.3 is 0 Å². The second-order valence-corrected chi connectivity index (χ2v) is 30.1. The summed E-state index contributed by atoms with van der Waals surface area (Å²) in [6.07, 6.45) is 12.2. The number of aromatic nitrogens is 15. The first-order chi connectivity index (χ1) is 62.1. The average Bonchev–Trinajstić information content (AvgIpc) is 1.73. The fourth-order valence-electron chi connectivity index (χ4n) is 13.9. The van der Waals surface area contributed by atoms with Crippen LogP contribution >= 0.6 is 24.8 Å². The Bertz CT molecular complexity index is 5860. The van der Waals surface area contributed by atoms with E-state index in [1.807, 2.05) is 216 Å². The van der Waals surface area contributed by atoms with Crippen LogP contribution in [-0.2, 0) is 57.2 Å². The number of hydrogen-bond donors (Lipinski definition) is 6. The molecule has 5 amide bonds. The van der Waals surface area contributed by atoms with Gasteiger partial charge in [-0.2, -0.15) is 0 Å². The molecule has 5 aromatic heterocycles. The van der Waals surface area contributed by atoms with Crippen LogP contribution < -0.4 is 31.3 Å². The number of rotatable bonds is 26. The lowest BCUT2D eigenvalue weighted by molar-refractivity contribution is 0.0342. The molecule has 7 heterocycles. The van der Waals surface area contributed by atoms with Crippen molar-refractivity contribution in [2.24, 2.45) is 0 Å². The van der Waals surface area contributed by atoms with Crippen LogP contribution in [0.15, 0.2) is 280 Å². The minimum absolute atomic E-state index is 0. The zero-order chi connectivity index (χ0) is 88.6. The number of nitrogens with one attached hydrogen (secondary N) is 5. The molecule has 0 atom stereocenters. The second kappa shape index (κ2) is 48.3. The van der Waals surface area contributed by atoms with Gasteiger partial charge in [0.1, 0.15) is 34.2 Å². The van der Waals surface area contributed by atoms with Gasteiger partial charge in [-0.25, -0.2) is 23.4 Å². The van der Waals surface area contributed by atoms with Crippen molar-refractivity contribution in [1.29, 1.82) is 0 Å². The number of ether oxygens (including phenoxy) is 2. The van der Waals surface area contributed by atoms with Crippen LogP contribution in [0, 0.1) is 0 Å². The molecule has 129 heavy (non-hydrogen) atoms. The Kier molecular flexibility index (Phi) is 35.6. The van der Waals surface area contributed by atoms with Crippen molar-refractivity contribution < 1.29 is 38.6 Å². The Hall–Kier alpha value is -14.5. The molecular formula is C97H104Cl2N22O8. The third-order valence-electron chi connectivity index (χ3n) is 21.1. The van der Waals surface area contributed by atoms with Gasteiger partial charge in [0.2, 0.25) is 0 Å². The molecule has 2 aliphatic heterocycles. The highest BCUT2D eigenvalue weighted by molar-refractivity contribution is 5.96. The highest BCUT2D eigenvalue weighted by Crippen LogP contribution is 2.26. The van der Waals surface area contributed by atoms with Gasteiger partial charge in [-0.15, -0.1) is 50.3 Å². The maximum atomic E-state index is 11.6. The summed E-state index contributed by atoms with van der Waals surface area (Å²) in [6, 6.07) is 79.7. The number of nitrogens with zero attached hydrogens (tertiary/aromatic N) is 17. The lowest BCUT2D eigenvalue weighted by atomic mass is 10.1. The second-order valence-electron chi connectivity index (χ2n) is 30.1. The maximum Gasteiger partial charge on any atom is 0.251 e. The fourth-order valence-corrected chi connectivity index (χ4v) is 13.9. The number of aliphatic hydroxyl groups is 1. The number of methoxy groups -OCH3 is 1. The van der Waals surface area contributed by atoms with Crippen LogP contribution in [0.4, 0.5) is 0 Å². The minimum Gasteiger partial charge on any atom is -0.497 e. The zero-order valence-electron chi connectivity index (χ0n) is 72.6. The van der Waals surface area contributed by atoms with E-state index >= 15 is 0 Å². The number of likely N-dealkylation sites (tertiary alicyclic amines) is 1. The van der Waals surface area contributed by atoms with Gasteiger partial charge < -0.3 is 41.2 Å². The fraction of sp³-hybridized carbons (Fsp3) is 0.227. The standard InChI is InChI=1S/C22H25N5O2.C22H25N5O.2C18H18N4O2.C17H16N4O.2ClH/c1-23-22(28)20-8-4-18(5-9-20)15-27-16-21(24-25-27)19-6-2-17(3-7-19)14-26-10-12-29-13-11-26;1-23-22(28)20-10-6-18(7-11-20)15-27-16-21(24-25-27)19-8-4-17(5-9-19)14-26-12-2-3-13-26;1-19-18(24)16-8-2-13(3-9-16)10-22-11-17(20-21-22)15-6-4-14(12-23)5-7-15;1-19-18(23)15-5-3-13(4-6-15)11-22-12-17(20-21-22)14-7-9-16(24-2)10-8-14;1-18-17(22)15-9-7-13(8-10-15)11-21-12-16(19-20-21)14-5-3-2-4-6-14;;/h2-9,16H,10-15H2,1H3,(H,23,28);4-11,16H,2-3,12-15H2,1H3,(H,23,28);2-9,11,23H,10,12H2,1H3,(H,19,24);3-10,12H,11H2,1-2H3,(H,19,23);2-10,12H,11H2,1H3,(H,18,22);2*1H. The van der Waals surface area contributed by atoms with E-state index in [0.717, 1.165) is 135 Å². The Morgan fingerprint density at radius 3 is 0.775 bits per heavy atom. The third kappa shape index (κ3) is 27.7. The molecule has 0 saturated carbocycles. The lowest BCUT2D eigenvalue weighted by Crippen LogP contribution is -2.35. The average molecular weight is 1780 g/mol. The number of amides is 5. The van der Waals surface area contributed by atoms with E-state index in [-0.39, 0.29) is 61.0 Å². The van der Waals surface area contributed by atoms with Crippen LogP contribution in [0.25, 0.3) is 56.3 Å². The van der Waals surface area contributed by atoms with Crippen molar-refractivity contribution in [1.82, 2.24) is 111 Å². The van der Waals surface area contributed by atoms with Crippen molar-refractivity contribution in [3.63, 3.8) is 0 Å². The molecule has 30 nitrogen and oxygen atoms in total. The summed E-state index contributed by atoms with van der Waals surface area (Å²) in [5, 5.41) is 64.3. The summed E-state index contributed by atoms with van der Waals surface area (Å²) in [6.45, 7) is 11.0. The molecule has 17 rings (SSSR count). The monoisotopic (exact) mass is 1770 g/mol. The molecular weight excluding hydrogens is 1670 g/mol. The molecule has 2 saturated heterocycles. The summed E-state index contributed by atoms with van der Waals surface area (Å²) < 4.78 is 19.5. The van der Waals surface area contributed by atoms with Gasteiger partial charge in [0, 0.05) is 117 Å². The van der Waals surface area contributed by atoms with Crippen molar-refractivity contribution in [3.8, 4) is 62.0 Å². The van der Waals surface area contributed by atoms with Crippen molar-refractivity contribution in [2.75, 3.05) is 81.7 Å². The number of benzene rings is 10. The Labute approximate surface area is 760 Å². The van der Waals surface area contributed by atoms with E-state index in [0.29, 0.717) is 60.5 Å².